The Hall–Kier alpha value is -1.42. The lowest BCUT2D eigenvalue weighted by molar-refractivity contribution is -0.128. The van der Waals surface area contributed by atoms with Crippen LogP contribution in [0, 0.1) is 0 Å². The molecule has 1 aromatic carbocycles. The van der Waals surface area contributed by atoms with Crippen molar-refractivity contribution in [1.82, 2.24) is 4.90 Å². The van der Waals surface area contributed by atoms with Gasteiger partial charge in [0.2, 0.25) is 5.91 Å². The molecule has 1 aliphatic rings. The molecule has 0 saturated carbocycles. The van der Waals surface area contributed by atoms with Crippen LogP contribution in [0.25, 0.3) is 0 Å². The van der Waals surface area contributed by atoms with E-state index in [9.17, 15) is 4.79 Å². The number of amides is 1. The van der Waals surface area contributed by atoms with Gasteiger partial charge in [-0.05, 0) is 12.0 Å². The summed E-state index contributed by atoms with van der Waals surface area (Å²) in [5.41, 5.74) is 6.69. The summed E-state index contributed by atoms with van der Waals surface area (Å²) >= 11 is 4.76. The maximum atomic E-state index is 11.8. The molecule has 1 heterocycles. The van der Waals surface area contributed by atoms with Crippen molar-refractivity contribution in [3.63, 3.8) is 0 Å². The second-order valence-electron chi connectivity index (χ2n) is 4.38. The van der Waals surface area contributed by atoms with Gasteiger partial charge in [-0.3, -0.25) is 4.79 Å². The van der Waals surface area contributed by atoms with E-state index in [4.69, 9.17) is 18.0 Å². The molecule has 1 fully saturated rings. The first-order valence-corrected chi connectivity index (χ1v) is 6.18. The smallest absolute Gasteiger partial charge is 0.229 e. The van der Waals surface area contributed by atoms with Crippen LogP contribution in [0.4, 0.5) is 0 Å². The molecule has 2 N–H and O–H groups in total. The lowest BCUT2D eigenvalue weighted by Crippen LogP contribution is -2.31. The predicted octanol–water partition coefficient (Wildman–Crippen LogP) is 1.68. The summed E-state index contributed by atoms with van der Waals surface area (Å²) in [5.74, 6) is 0.502. The fourth-order valence-electron chi connectivity index (χ4n) is 2.24. The van der Waals surface area contributed by atoms with Crippen LogP contribution < -0.4 is 5.73 Å². The van der Waals surface area contributed by atoms with Crippen molar-refractivity contribution in [2.45, 2.75) is 18.8 Å². The Bertz CT molecular complexity index is 419. The van der Waals surface area contributed by atoms with Crippen molar-refractivity contribution in [2.75, 3.05) is 13.1 Å². The Morgan fingerprint density at radius 2 is 2.12 bits per heavy atom. The highest BCUT2D eigenvalue weighted by Crippen LogP contribution is 2.27. The van der Waals surface area contributed by atoms with Gasteiger partial charge < -0.3 is 10.6 Å². The third kappa shape index (κ3) is 3.03. The normalized spacial score (nSPS) is 19.3. The van der Waals surface area contributed by atoms with Crippen LogP contribution in [0.1, 0.15) is 24.3 Å². The monoisotopic (exact) mass is 248 g/mol. The highest BCUT2D eigenvalue weighted by atomic mass is 32.1. The fraction of sp³-hybridized carbons (Fsp3) is 0.385. The molecule has 1 saturated heterocycles. The number of nitrogens with two attached hydrogens (primary N) is 1. The predicted molar refractivity (Wildman–Crippen MR) is 71.8 cm³/mol. The Morgan fingerprint density at radius 3 is 2.76 bits per heavy atom. The largest absolute Gasteiger partial charge is 0.393 e. The summed E-state index contributed by atoms with van der Waals surface area (Å²) in [6.45, 7) is 1.59. The second kappa shape index (κ2) is 5.27. The van der Waals surface area contributed by atoms with Crippen LogP contribution in [0.15, 0.2) is 30.3 Å². The molecule has 0 bridgehead atoms. The van der Waals surface area contributed by atoms with Crippen LogP contribution in [-0.4, -0.2) is 28.9 Å². The SMILES string of the molecule is NC(=S)CC(=O)N1CCC(c2ccccc2)C1. The zero-order valence-electron chi connectivity index (χ0n) is 9.63. The van der Waals surface area contributed by atoms with Gasteiger partial charge in [-0.2, -0.15) is 0 Å². The molecular formula is C13H16N2OS. The Morgan fingerprint density at radius 1 is 1.41 bits per heavy atom. The molecule has 17 heavy (non-hydrogen) atoms. The van der Waals surface area contributed by atoms with Gasteiger partial charge >= 0.3 is 0 Å². The van der Waals surface area contributed by atoms with Crippen LogP contribution in [-0.2, 0) is 4.79 Å². The first kappa shape index (κ1) is 12.0. The summed E-state index contributed by atoms with van der Waals surface area (Å²) in [6, 6.07) is 10.3. The van der Waals surface area contributed by atoms with Crippen LogP contribution in [0.2, 0.25) is 0 Å². The number of hydrogen-bond acceptors (Lipinski definition) is 2. The van der Waals surface area contributed by atoms with Crippen molar-refractivity contribution in [3.05, 3.63) is 35.9 Å². The van der Waals surface area contributed by atoms with E-state index in [1.165, 1.54) is 5.56 Å². The van der Waals surface area contributed by atoms with Crippen LogP contribution in [0.5, 0.6) is 0 Å². The molecular weight excluding hydrogens is 232 g/mol. The zero-order valence-corrected chi connectivity index (χ0v) is 10.5. The molecule has 0 aromatic heterocycles. The summed E-state index contributed by atoms with van der Waals surface area (Å²) in [5, 5.41) is 0. The Balaban J connectivity index is 1.96. The van der Waals surface area contributed by atoms with E-state index in [-0.39, 0.29) is 17.3 Å². The minimum atomic E-state index is 0.0518. The molecule has 0 aliphatic carbocycles. The van der Waals surface area contributed by atoms with E-state index < -0.39 is 0 Å². The third-order valence-corrected chi connectivity index (χ3v) is 3.28. The maximum absolute atomic E-state index is 11.8. The molecule has 3 nitrogen and oxygen atoms in total. The van der Waals surface area contributed by atoms with Gasteiger partial charge in [-0.25, -0.2) is 0 Å². The lowest BCUT2D eigenvalue weighted by atomic mass is 9.99. The topological polar surface area (TPSA) is 46.3 Å². The molecule has 4 heteroatoms. The molecule has 90 valence electrons. The number of carbonyl (C=O) groups excluding carboxylic acids is 1. The molecule has 2 rings (SSSR count). The molecule has 1 unspecified atom stereocenters. The number of benzene rings is 1. The standard InChI is InChI=1S/C13H16N2OS/c14-12(17)8-13(16)15-7-6-11(9-15)10-4-2-1-3-5-10/h1-5,11H,6-9H2,(H2,14,17). The van der Waals surface area contributed by atoms with E-state index in [1.807, 2.05) is 23.1 Å². The fourth-order valence-corrected chi connectivity index (χ4v) is 2.37. The van der Waals surface area contributed by atoms with Crippen molar-refractivity contribution >= 4 is 23.1 Å². The van der Waals surface area contributed by atoms with Gasteiger partial charge in [0.05, 0.1) is 11.4 Å². The van der Waals surface area contributed by atoms with Crippen molar-refractivity contribution in [1.29, 1.82) is 0 Å². The van der Waals surface area contributed by atoms with Crippen molar-refractivity contribution in [3.8, 4) is 0 Å². The van der Waals surface area contributed by atoms with Crippen LogP contribution in [0.3, 0.4) is 0 Å². The van der Waals surface area contributed by atoms with Crippen molar-refractivity contribution in [2.24, 2.45) is 5.73 Å². The highest BCUT2D eigenvalue weighted by Gasteiger charge is 2.26. The van der Waals surface area contributed by atoms with Gasteiger partial charge in [-0.15, -0.1) is 0 Å². The Kier molecular flexibility index (Phi) is 3.74. The summed E-state index contributed by atoms with van der Waals surface area (Å²) in [4.78, 5) is 13.9. The first-order valence-electron chi connectivity index (χ1n) is 5.78. The van der Waals surface area contributed by atoms with Gasteiger partial charge in [0.1, 0.15) is 0 Å². The molecule has 1 aliphatic heterocycles. The number of rotatable bonds is 3. The molecule has 0 radical (unpaired) electrons. The van der Waals surface area contributed by atoms with E-state index in [2.05, 4.69) is 12.1 Å². The summed E-state index contributed by atoms with van der Waals surface area (Å²) in [6.07, 6.45) is 1.21. The van der Waals surface area contributed by atoms with E-state index >= 15 is 0 Å². The number of hydrogen-bond donors (Lipinski definition) is 1. The molecule has 1 amide bonds. The summed E-state index contributed by atoms with van der Waals surface area (Å²) < 4.78 is 0. The zero-order chi connectivity index (χ0) is 12.3. The number of likely N-dealkylation sites (tertiary alicyclic amines) is 1. The van der Waals surface area contributed by atoms with Crippen molar-refractivity contribution < 1.29 is 4.79 Å². The van der Waals surface area contributed by atoms with E-state index in [0.29, 0.717) is 5.92 Å². The van der Waals surface area contributed by atoms with Gasteiger partial charge in [0.15, 0.2) is 0 Å². The second-order valence-corrected chi connectivity index (χ2v) is 4.90. The van der Waals surface area contributed by atoms with Gasteiger partial charge in [0, 0.05) is 19.0 Å². The Labute approximate surface area is 107 Å². The van der Waals surface area contributed by atoms with Crippen LogP contribution >= 0.6 is 12.2 Å². The average molecular weight is 248 g/mol. The maximum Gasteiger partial charge on any atom is 0.229 e. The first-order chi connectivity index (χ1) is 8.16. The number of carbonyl (C=O) groups is 1. The highest BCUT2D eigenvalue weighted by molar-refractivity contribution is 7.80. The number of thiocarbonyl (C=S) groups is 1. The number of nitrogens with zero attached hydrogens (tertiary/aromatic N) is 1. The van der Waals surface area contributed by atoms with E-state index in [0.717, 1.165) is 19.5 Å². The van der Waals surface area contributed by atoms with Gasteiger partial charge in [-0.1, -0.05) is 42.5 Å². The third-order valence-electron chi connectivity index (χ3n) is 3.14. The van der Waals surface area contributed by atoms with Gasteiger partial charge in [0.25, 0.3) is 0 Å². The summed E-state index contributed by atoms with van der Waals surface area (Å²) in [7, 11) is 0. The molecule has 1 aromatic rings. The molecule has 1 atom stereocenters. The lowest BCUT2D eigenvalue weighted by Gasteiger charge is -2.16. The quantitative estimate of drug-likeness (QED) is 0.828. The van der Waals surface area contributed by atoms with E-state index in [1.54, 1.807) is 0 Å². The minimum Gasteiger partial charge on any atom is -0.393 e. The molecule has 0 spiro atoms. The minimum absolute atomic E-state index is 0.0518. The average Bonchev–Trinajstić information content (AvgIpc) is 2.78.